The predicted octanol–water partition coefficient (Wildman–Crippen LogP) is 3.52. The highest BCUT2D eigenvalue weighted by molar-refractivity contribution is 4.87. The van der Waals surface area contributed by atoms with Gasteiger partial charge in [-0.15, -0.1) is 0 Å². The van der Waals surface area contributed by atoms with Crippen molar-refractivity contribution in [2.24, 2.45) is 11.8 Å². The second-order valence-corrected chi connectivity index (χ2v) is 6.50. The van der Waals surface area contributed by atoms with Gasteiger partial charge in [-0.25, -0.2) is 0 Å². The Kier molecular flexibility index (Phi) is 7.25. The SMILES string of the molecule is CCC1CN(CCCC(C)C)C(C(C)CC)CN1. The third-order valence-corrected chi connectivity index (χ3v) is 4.56. The summed E-state index contributed by atoms with van der Waals surface area (Å²) in [4.78, 5) is 2.77. The molecule has 0 aliphatic carbocycles. The Morgan fingerprint density at radius 3 is 2.50 bits per heavy atom. The molecule has 0 aromatic carbocycles. The van der Waals surface area contributed by atoms with E-state index in [2.05, 4.69) is 44.8 Å². The van der Waals surface area contributed by atoms with Gasteiger partial charge in [0.05, 0.1) is 0 Å². The summed E-state index contributed by atoms with van der Waals surface area (Å²) in [6.45, 7) is 15.4. The lowest BCUT2D eigenvalue weighted by Crippen LogP contribution is -2.58. The van der Waals surface area contributed by atoms with Gasteiger partial charge < -0.3 is 5.32 Å². The number of nitrogens with one attached hydrogen (secondary N) is 1. The van der Waals surface area contributed by atoms with Crippen molar-refractivity contribution in [1.29, 1.82) is 0 Å². The van der Waals surface area contributed by atoms with Crippen LogP contribution >= 0.6 is 0 Å². The van der Waals surface area contributed by atoms with Gasteiger partial charge in [0.25, 0.3) is 0 Å². The van der Waals surface area contributed by atoms with Gasteiger partial charge in [-0.2, -0.15) is 0 Å². The summed E-state index contributed by atoms with van der Waals surface area (Å²) in [7, 11) is 0. The summed E-state index contributed by atoms with van der Waals surface area (Å²) >= 11 is 0. The van der Waals surface area contributed by atoms with E-state index < -0.39 is 0 Å². The molecule has 2 heteroatoms. The van der Waals surface area contributed by atoms with Gasteiger partial charge in [-0.1, -0.05) is 41.0 Å². The van der Waals surface area contributed by atoms with Crippen LogP contribution in [0.25, 0.3) is 0 Å². The highest BCUT2D eigenvalue weighted by atomic mass is 15.2. The van der Waals surface area contributed by atoms with Gasteiger partial charge in [0.2, 0.25) is 0 Å². The van der Waals surface area contributed by atoms with Gasteiger partial charge in [-0.3, -0.25) is 4.90 Å². The molecule has 3 unspecified atom stereocenters. The first-order valence-corrected chi connectivity index (χ1v) is 8.05. The highest BCUT2D eigenvalue weighted by Gasteiger charge is 2.29. The minimum absolute atomic E-state index is 0.712. The van der Waals surface area contributed by atoms with Crippen LogP contribution in [0.4, 0.5) is 0 Å². The van der Waals surface area contributed by atoms with E-state index in [-0.39, 0.29) is 0 Å². The van der Waals surface area contributed by atoms with Crippen LogP contribution < -0.4 is 5.32 Å². The third kappa shape index (κ3) is 4.89. The molecule has 1 saturated heterocycles. The first kappa shape index (κ1) is 16.0. The maximum atomic E-state index is 3.72. The van der Waals surface area contributed by atoms with Crippen molar-refractivity contribution in [2.75, 3.05) is 19.6 Å². The van der Waals surface area contributed by atoms with Crippen LogP contribution in [-0.2, 0) is 0 Å². The minimum Gasteiger partial charge on any atom is -0.311 e. The number of rotatable bonds is 7. The zero-order valence-corrected chi connectivity index (χ0v) is 13.2. The molecule has 0 aromatic heterocycles. The molecule has 2 nitrogen and oxygen atoms in total. The highest BCUT2D eigenvalue weighted by Crippen LogP contribution is 2.20. The largest absolute Gasteiger partial charge is 0.311 e. The summed E-state index contributed by atoms with van der Waals surface area (Å²) < 4.78 is 0. The molecule has 108 valence electrons. The van der Waals surface area contributed by atoms with E-state index >= 15 is 0 Å². The van der Waals surface area contributed by atoms with Gasteiger partial charge >= 0.3 is 0 Å². The summed E-state index contributed by atoms with van der Waals surface area (Å²) in [6.07, 6.45) is 5.28. The van der Waals surface area contributed by atoms with Crippen LogP contribution in [0.2, 0.25) is 0 Å². The maximum absolute atomic E-state index is 3.72. The van der Waals surface area contributed by atoms with Crippen LogP contribution in [0.3, 0.4) is 0 Å². The zero-order valence-electron chi connectivity index (χ0n) is 13.2. The quantitative estimate of drug-likeness (QED) is 0.748. The van der Waals surface area contributed by atoms with Crippen molar-refractivity contribution in [3.05, 3.63) is 0 Å². The fourth-order valence-corrected chi connectivity index (χ4v) is 2.97. The Morgan fingerprint density at radius 1 is 1.22 bits per heavy atom. The average Bonchev–Trinajstić information content (AvgIpc) is 2.37. The van der Waals surface area contributed by atoms with Crippen molar-refractivity contribution in [3.8, 4) is 0 Å². The van der Waals surface area contributed by atoms with Crippen molar-refractivity contribution in [2.45, 2.75) is 72.4 Å². The van der Waals surface area contributed by atoms with Crippen molar-refractivity contribution in [1.82, 2.24) is 10.2 Å². The maximum Gasteiger partial charge on any atom is 0.0246 e. The lowest BCUT2D eigenvalue weighted by atomic mass is 9.93. The minimum atomic E-state index is 0.712. The summed E-state index contributed by atoms with van der Waals surface area (Å²) in [5.74, 6) is 1.66. The smallest absolute Gasteiger partial charge is 0.0246 e. The molecular weight excluding hydrogens is 220 g/mol. The Bertz CT molecular complexity index is 215. The Labute approximate surface area is 115 Å². The van der Waals surface area contributed by atoms with Gasteiger partial charge in [-0.05, 0) is 37.6 Å². The molecule has 3 atom stereocenters. The monoisotopic (exact) mass is 254 g/mol. The third-order valence-electron chi connectivity index (χ3n) is 4.56. The number of hydrogen-bond donors (Lipinski definition) is 1. The predicted molar refractivity (Wildman–Crippen MR) is 81.0 cm³/mol. The van der Waals surface area contributed by atoms with E-state index in [4.69, 9.17) is 0 Å². The van der Waals surface area contributed by atoms with Crippen molar-refractivity contribution < 1.29 is 0 Å². The molecule has 0 saturated carbocycles. The van der Waals surface area contributed by atoms with Gasteiger partial charge in [0, 0.05) is 25.2 Å². The molecule has 1 heterocycles. The van der Waals surface area contributed by atoms with E-state index in [0.717, 1.165) is 17.9 Å². The lowest BCUT2D eigenvalue weighted by molar-refractivity contribution is 0.0876. The molecule has 0 spiro atoms. The molecule has 1 aliphatic heterocycles. The summed E-state index contributed by atoms with van der Waals surface area (Å²) in [5, 5.41) is 3.72. The molecule has 1 N–H and O–H groups in total. The zero-order chi connectivity index (χ0) is 13.5. The fourth-order valence-electron chi connectivity index (χ4n) is 2.97. The fraction of sp³-hybridized carbons (Fsp3) is 1.00. The van der Waals surface area contributed by atoms with Crippen molar-refractivity contribution in [3.63, 3.8) is 0 Å². The standard InChI is InChI=1S/C16H34N2/c1-6-14(5)16-11-17-15(7-2)12-18(16)10-8-9-13(3)4/h13-17H,6-12H2,1-5H3. The average molecular weight is 254 g/mol. The Hall–Kier alpha value is -0.0800. The first-order chi connectivity index (χ1) is 8.58. The van der Waals surface area contributed by atoms with E-state index in [0.29, 0.717) is 6.04 Å². The molecule has 0 bridgehead atoms. The molecule has 1 fully saturated rings. The summed E-state index contributed by atoms with van der Waals surface area (Å²) in [6, 6.07) is 1.47. The number of piperazine rings is 1. The van der Waals surface area contributed by atoms with Gasteiger partial charge in [0.1, 0.15) is 0 Å². The topological polar surface area (TPSA) is 15.3 Å². The van der Waals surface area contributed by atoms with E-state index in [9.17, 15) is 0 Å². The van der Waals surface area contributed by atoms with Gasteiger partial charge in [0.15, 0.2) is 0 Å². The normalized spacial score (nSPS) is 27.7. The second kappa shape index (κ2) is 8.16. The molecule has 1 rings (SSSR count). The van der Waals surface area contributed by atoms with Crippen LogP contribution in [-0.4, -0.2) is 36.6 Å². The van der Waals surface area contributed by atoms with Crippen LogP contribution in [0, 0.1) is 11.8 Å². The molecule has 1 aliphatic rings. The number of nitrogens with zero attached hydrogens (tertiary/aromatic N) is 1. The van der Waals surface area contributed by atoms with Crippen molar-refractivity contribution >= 4 is 0 Å². The summed E-state index contributed by atoms with van der Waals surface area (Å²) in [5.41, 5.74) is 0. The second-order valence-electron chi connectivity index (χ2n) is 6.50. The first-order valence-electron chi connectivity index (χ1n) is 8.05. The molecule has 0 aromatic rings. The van der Waals surface area contributed by atoms with E-state index in [1.165, 1.54) is 45.3 Å². The molecule has 0 radical (unpaired) electrons. The number of hydrogen-bond acceptors (Lipinski definition) is 2. The molecule has 0 amide bonds. The lowest BCUT2D eigenvalue weighted by Gasteiger charge is -2.43. The van der Waals surface area contributed by atoms with E-state index in [1.54, 1.807) is 0 Å². The van der Waals surface area contributed by atoms with Crippen LogP contribution in [0.1, 0.15) is 60.3 Å². The van der Waals surface area contributed by atoms with E-state index in [1.807, 2.05) is 0 Å². The Morgan fingerprint density at radius 2 is 1.94 bits per heavy atom. The Balaban J connectivity index is 2.48. The molecule has 18 heavy (non-hydrogen) atoms. The molecular formula is C16H34N2. The van der Waals surface area contributed by atoms with Crippen LogP contribution in [0.5, 0.6) is 0 Å². The van der Waals surface area contributed by atoms with Crippen LogP contribution in [0.15, 0.2) is 0 Å².